The van der Waals surface area contributed by atoms with Gasteiger partial charge in [-0.25, -0.2) is 13.1 Å². The predicted octanol–water partition coefficient (Wildman–Crippen LogP) is 2.46. The SMILES string of the molecule is CC(Br)CNS(=O)(=O)c1ccc(Cl)s1. The monoisotopic (exact) mass is 317 g/mol. The van der Waals surface area contributed by atoms with E-state index < -0.39 is 10.0 Å². The summed E-state index contributed by atoms with van der Waals surface area (Å²) in [5.74, 6) is 0. The van der Waals surface area contributed by atoms with Crippen LogP contribution in [0.15, 0.2) is 16.3 Å². The van der Waals surface area contributed by atoms with Crippen LogP contribution in [-0.2, 0) is 10.0 Å². The first-order valence-corrected chi connectivity index (χ1v) is 7.40. The van der Waals surface area contributed by atoms with Crippen LogP contribution in [0.2, 0.25) is 4.34 Å². The summed E-state index contributed by atoms with van der Waals surface area (Å²) in [5.41, 5.74) is 0. The van der Waals surface area contributed by atoms with Crippen molar-refractivity contribution in [3.63, 3.8) is 0 Å². The molecule has 1 unspecified atom stereocenters. The van der Waals surface area contributed by atoms with Gasteiger partial charge in [0.1, 0.15) is 4.21 Å². The summed E-state index contributed by atoms with van der Waals surface area (Å²) in [5, 5.41) is 0. The molecule has 1 heterocycles. The summed E-state index contributed by atoms with van der Waals surface area (Å²) in [7, 11) is -3.38. The van der Waals surface area contributed by atoms with E-state index in [2.05, 4.69) is 20.7 Å². The highest BCUT2D eigenvalue weighted by molar-refractivity contribution is 9.09. The Morgan fingerprint density at radius 1 is 1.64 bits per heavy atom. The Hall–Kier alpha value is 0.380. The third kappa shape index (κ3) is 3.51. The smallest absolute Gasteiger partial charge is 0.209 e. The number of sulfonamides is 1. The van der Waals surface area contributed by atoms with Gasteiger partial charge in [0.15, 0.2) is 0 Å². The van der Waals surface area contributed by atoms with Gasteiger partial charge in [-0.2, -0.15) is 0 Å². The fourth-order valence-electron chi connectivity index (χ4n) is 0.738. The third-order valence-corrected chi connectivity index (χ3v) is 4.84. The zero-order chi connectivity index (χ0) is 10.8. The second-order valence-corrected chi connectivity index (χ2v) is 7.96. The molecule has 7 heteroatoms. The first-order chi connectivity index (χ1) is 6.42. The highest BCUT2D eigenvalue weighted by Crippen LogP contribution is 2.25. The lowest BCUT2D eigenvalue weighted by Crippen LogP contribution is -2.27. The fourth-order valence-corrected chi connectivity index (χ4v) is 3.77. The van der Waals surface area contributed by atoms with Crippen LogP contribution in [0.4, 0.5) is 0 Å². The predicted molar refractivity (Wildman–Crippen MR) is 62.9 cm³/mol. The van der Waals surface area contributed by atoms with E-state index in [9.17, 15) is 8.42 Å². The third-order valence-electron chi connectivity index (χ3n) is 1.37. The number of thiophene rings is 1. The van der Waals surface area contributed by atoms with E-state index in [0.717, 1.165) is 11.3 Å². The molecule has 80 valence electrons. The maximum atomic E-state index is 11.6. The molecule has 0 radical (unpaired) electrons. The van der Waals surface area contributed by atoms with Crippen LogP contribution in [0.5, 0.6) is 0 Å². The van der Waals surface area contributed by atoms with Gasteiger partial charge >= 0.3 is 0 Å². The zero-order valence-corrected chi connectivity index (χ0v) is 11.3. The van der Waals surface area contributed by atoms with Gasteiger partial charge < -0.3 is 0 Å². The van der Waals surface area contributed by atoms with Gasteiger partial charge in [0.25, 0.3) is 0 Å². The zero-order valence-electron chi connectivity index (χ0n) is 7.33. The van der Waals surface area contributed by atoms with E-state index in [4.69, 9.17) is 11.6 Å². The summed E-state index contributed by atoms with van der Waals surface area (Å²) < 4.78 is 26.3. The van der Waals surface area contributed by atoms with Crippen LogP contribution in [0.1, 0.15) is 6.92 Å². The molecular weight excluding hydrogens is 310 g/mol. The second-order valence-electron chi connectivity index (χ2n) is 2.69. The van der Waals surface area contributed by atoms with Crippen LogP contribution in [-0.4, -0.2) is 19.8 Å². The first-order valence-electron chi connectivity index (χ1n) is 3.81. The van der Waals surface area contributed by atoms with E-state index in [1.54, 1.807) is 6.07 Å². The van der Waals surface area contributed by atoms with Crippen LogP contribution in [0.25, 0.3) is 0 Å². The molecule has 0 bridgehead atoms. The molecule has 1 aromatic rings. The van der Waals surface area contributed by atoms with Crippen LogP contribution in [0, 0.1) is 0 Å². The van der Waals surface area contributed by atoms with E-state index in [0.29, 0.717) is 10.9 Å². The molecule has 0 spiro atoms. The summed E-state index contributed by atoms with van der Waals surface area (Å²) in [6, 6.07) is 3.06. The molecule has 0 aliphatic heterocycles. The Labute approximate surface area is 101 Å². The van der Waals surface area contributed by atoms with Gasteiger partial charge in [-0.1, -0.05) is 34.5 Å². The number of halogens is 2. The lowest BCUT2D eigenvalue weighted by molar-refractivity contribution is 0.584. The highest BCUT2D eigenvalue weighted by atomic mass is 79.9. The largest absolute Gasteiger partial charge is 0.250 e. The van der Waals surface area contributed by atoms with E-state index in [1.165, 1.54) is 6.07 Å². The van der Waals surface area contributed by atoms with Gasteiger partial charge in [-0.15, -0.1) is 11.3 Å². The quantitative estimate of drug-likeness (QED) is 0.867. The Morgan fingerprint density at radius 2 is 2.29 bits per heavy atom. The normalized spacial score (nSPS) is 14.2. The molecular formula is C7H9BrClNO2S2. The lowest BCUT2D eigenvalue weighted by atomic mass is 10.5. The van der Waals surface area contributed by atoms with Crippen LogP contribution >= 0.6 is 38.9 Å². The standard InChI is InChI=1S/C7H9BrClNO2S2/c1-5(8)4-10-14(11,12)7-3-2-6(9)13-7/h2-3,5,10H,4H2,1H3. The van der Waals surface area contributed by atoms with Gasteiger partial charge in [0, 0.05) is 11.4 Å². The Morgan fingerprint density at radius 3 is 2.71 bits per heavy atom. The maximum absolute atomic E-state index is 11.6. The van der Waals surface area contributed by atoms with E-state index in [-0.39, 0.29) is 9.04 Å². The molecule has 1 rings (SSSR count). The average molecular weight is 319 g/mol. The molecule has 0 saturated heterocycles. The average Bonchev–Trinajstić information content (AvgIpc) is 2.49. The van der Waals surface area contributed by atoms with Crippen molar-refractivity contribution >= 4 is 48.9 Å². The maximum Gasteiger partial charge on any atom is 0.250 e. The molecule has 0 amide bonds. The molecule has 1 aromatic heterocycles. The van der Waals surface area contributed by atoms with Gasteiger partial charge in [0.05, 0.1) is 4.34 Å². The number of alkyl halides is 1. The molecule has 0 aliphatic carbocycles. The Bertz CT molecular complexity index is 402. The molecule has 1 N–H and O–H groups in total. The number of rotatable bonds is 4. The number of nitrogens with one attached hydrogen (secondary N) is 1. The minimum absolute atomic E-state index is 0.104. The van der Waals surface area contributed by atoms with E-state index >= 15 is 0 Å². The number of hydrogen-bond acceptors (Lipinski definition) is 3. The van der Waals surface area contributed by atoms with Crippen molar-refractivity contribution in [1.82, 2.24) is 4.72 Å². The van der Waals surface area contributed by atoms with E-state index in [1.807, 2.05) is 6.92 Å². The lowest BCUT2D eigenvalue weighted by Gasteiger charge is -2.05. The Balaban J connectivity index is 2.76. The van der Waals surface area contributed by atoms with Gasteiger partial charge in [-0.3, -0.25) is 0 Å². The summed E-state index contributed by atoms with van der Waals surface area (Å²) in [6.45, 7) is 2.22. The number of hydrogen-bond donors (Lipinski definition) is 1. The first kappa shape index (κ1) is 12.4. The summed E-state index contributed by atoms with van der Waals surface area (Å²) in [4.78, 5) is 0.104. The molecule has 0 aliphatic rings. The molecule has 0 saturated carbocycles. The second kappa shape index (κ2) is 4.94. The van der Waals surface area contributed by atoms with Gasteiger partial charge in [0.2, 0.25) is 10.0 Å². The molecule has 3 nitrogen and oxygen atoms in total. The van der Waals surface area contributed by atoms with Crippen molar-refractivity contribution in [3.8, 4) is 0 Å². The van der Waals surface area contributed by atoms with Crippen molar-refractivity contribution in [2.45, 2.75) is 16.0 Å². The highest BCUT2D eigenvalue weighted by Gasteiger charge is 2.16. The summed E-state index contributed by atoms with van der Waals surface area (Å²) >= 11 is 9.95. The molecule has 14 heavy (non-hydrogen) atoms. The van der Waals surface area contributed by atoms with Crippen molar-refractivity contribution in [2.75, 3.05) is 6.54 Å². The van der Waals surface area contributed by atoms with Crippen LogP contribution in [0.3, 0.4) is 0 Å². The minimum Gasteiger partial charge on any atom is -0.209 e. The van der Waals surface area contributed by atoms with Gasteiger partial charge in [-0.05, 0) is 12.1 Å². The fraction of sp³-hybridized carbons (Fsp3) is 0.429. The summed E-state index contributed by atoms with van der Waals surface area (Å²) in [6.07, 6.45) is 0. The molecule has 1 atom stereocenters. The van der Waals surface area contributed by atoms with Crippen molar-refractivity contribution in [1.29, 1.82) is 0 Å². The minimum atomic E-state index is -3.38. The Kier molecular flexibility index (Phi) is 4.39. The molecule has 0 fully saturated rings. The van der Waals surface area contributed by atoms with Crippen LogP contribution < -0.4 is 4.72 Å². The van der Waals surface area contributed by atoms with Crippen molar-refractivity contribution in [2.24, 2.45) is 0 Å². The molecule has 0 aromatic carbocycles. The topological polar surface area (TPSA) is 46.2 Å². The van der Waals surface area contributed by atoms with Crippen molar-refractivity contribution < 1.29 is 8.42 Å². The van der Waals surface area contributed by atoms with Crippen molar-refractivity contribution in [3.05, 3.63) is 16.5 Å².